The number of carbonyl (C=O) groups is 1. The van der Waals surface area contributed by atoms with Crippen molar-refractivity contribution in [3.8, 4) is 0 Å². The van der Waals surface area contributed by atoms with Crippen LogP contribution in [0, 0.1) is 0 Å². The van der Waals surface area contributed by atoms with Gasteiger partial charge in [0.2, 0.25) is 0 Å². The Balaban J connectivity index is 1.90. The monoisotopic (exact) mass is 353 g/mol. The van der Waals surface area contributed by atoms with Crippen LogP contribution in [0.5, 0.6) is 0 Å². The minimum atomic E-state index is -0.0722. The summed E-state index contributed by atoms with van der Waals surface area (Å²) in [5, 5.41) is 2.91. The van der Waals surface area contributed by atoms with Gasteiger partial charge in [-0.25, -0.2) is 4.99 Å². The highest BCUT2D eigenvalue weighted by molar-refractivity contribution is 5.95. The van der Waals surface area contributed by atoms with Gasteiger partial charge in [0.25, 0.3) is 5.91 Å². The van der Waals surface area contributed by atoms with Gasteiger partial charge in [-0.05, 0) is 49.0 Å². The maximum Gasteiger partial charge on any atom is 0.251 e. The average molecular weight is 354 g/mol. The van der Waals surface area contributed by atoms with Crippen molar-refractivity contribution >= 4 is 12.1 Å². The number of hydrogen-bond donors (Lipinski definition) is 1. The smallest absolute Gasteiger partial charge is 0.251 e. The second kappa shape index (κ2) is 9.37. The van der Waals surface area contributed by atoms with Crippen LogP contribution in [0.15, 0.2) is 53.3 Å². The topological polar surface area (TPSA) is 44.7 Å². The summed E-state index contributed by atoms with van der Waals surface area (Å²) in [4.78, 5) is 19.1. The summed E-state index contributed by atoms with van der Waals surface area (Å²) in [6.45, 7) is 11.0. The molecule has 1 aliphatic heterocycles. The molecule has 0 bridgehead atoms. The van der Waals surface area contributed by atoms with Gasteiger partial charge in [0.1, 0.15) is 5.82 Å². The largest absolute Gasteiger partial charge is 0.357 e. The Bertz CT molecular complexity index is 672. The minimum Gasteiger partial charge on any atom is -0.357 e. The summed E-state index contributed by atoms with van der Waals surface area (Å²) in [5.41, 5.74) is 1.99. The Morgan fingerprint density at radius 3 is 2.42 bits per heavy atom. The average Bonchev–Trinajstić information content (AvgIpc) is 3.14. The molecule has 4 nitrogen and oxygen atoms in total. The lowest BCUT2D eigenvalue weighted by molar-refractivity contribution is 0.0959. The zero-order valence-corrected chi connectivity index (χ0v) is 16.5. The first-order valence-corrected chi connectivity index (χ1v) is 9.41. The summed E-state index contributed by atoms with van der Waals surface area (Å²) in [7, 11) is 0. The molecule has 0 radical (unpaired) electrons. The number of aliphatic imine (C=N–C) groups is 1. The molecule has 1 fully saturated rings. The number of hydrogen-bond acceptors (Lipinski definition) is 3. The van der Waals surface area contributed by atoms with Crippen LogP contribution < -0.4 is 5.32 Å². The lowest BCUT2D eigenvalue weighted by Crippen LogP contribution is -2.26. The van der Waals surface area contributed by atoms with Crippen molar-refractivity contribution in [1.29, 1.82) is 0 Å². The van der Waals surface area contributed by atoms with Crippen molar-refractivity contribution in [2.45, 2.75) is 46.0 Å². The fourth-order valence-electron chi connectivity index (χ4n) is 2.86. The van der Waals surface area contributed by atoms with Crippen LogP contribution in [0.3, 0.4) is 0 Å². The van der Waals surface area contributed by atoms with Crippen LogP contribution in [0.4, 0.5) is 0 Å². The zero-order valence-electron chi connectivity index (χ0n) is 16.5. The normalized spacial score (nSPS) is 16.0. The molecule has 0 aliphatic carbocycles. The van der Waals surface area contributed by atoms with Crippen molar-refractivity contribution in [3.63, 3.8) is 0 Å². The predicted molar refractivity (Wildman–Crippen MR) is 110 cm³/mol. The number of rotatable bonds is 6. The molecule has 0 saturated carbocycles. The Labute approximate surface area is 157 Å². The number of nitrogens with one attached hydrogen (secondary N) is 1. The highest BCUT2D eigenvalue weighted by Crippen LogP contribution is 2.22. The van der Waals surface area contributed by atoms with E-state index in [0.717, 1.165) is 18.9 Å². The number of nitrogens with zero attached hydrogens (tertiary/aromatic N) is 2. The highest BCUT2D eigenvalue weighted by Gasteiger charge is 2.14. The van der Waals surface area contributed by atoms with Crippen molar-refractivity contribution in [3.05, 3.63) is 59.4 Å². The van der Waals surface area contributed by atoms with Crippen molar-refractivity contribution in [2.24, 2.45) is 4.99 Å². The van der Waals surface area contributed by atoms with Crippen LogP contribution >= 0.6 is 0 Å². The number of amides is 1. The van der Waals surface area contributed by atoms with Crippen molar-refractivity contribution in [2.75, 3.05) is 19.6 Å². The second-order valence-corrected chi connectivity index (χ2v) is 7.59. The van der Waals surface area contributed by atoms with Crippen molar-refractivity contribution in [1.82, 2.24) is 10.2 Å². The van der Waals surface area contributed by atoms with Crippen molar-refractivity contribution < 1.29 is 4.79 Å². The number of likely N-dealkylation sites (tertiary alicyclic amines) is 1. The van der Waals surface area contributed by atoms with Crippen LogP contribution in [0.1, 0.15) is 56.5 Å². The van der Waals surface area contributed by atoms with Crippen LogP contribution in [-0.2, 0) is 5.41 Å². The van der Waals surface area contributed by atoms with Gasteiger partial charge in [-0.3, -0.25) is 4.79 Å². The first-order valence-electron chi connectivity index (χ1n) is 9.41. The van der Waals surface area contributed by atoms with Crippen LogP contribution in [-0.4, -0.2) is 36.7 Å². The molecular formula is C22H31N3O. The molecule has 140 valence electrons. The quantitative estimate of drug-likeness (QED) is 0.612. The second-order valence-electron chi connectivity index (χ2n) is 7.59. The van der Waals surface area contributed by atoms with Crippen LogP contribution in [0.25, 0.3) is 0 Å². The van der Waals surface area contributed by atoms with Gasteiger partial charge < -0.3 is 10.2 Å². The lowest BCUT2D eigenvalue weighted by atomic mass is 9.87. The molecule has 1 heterocycles. The molecule has 0 atom stereocenters. The highest BCUT2D eigenvalue weighted by atomic mass is 16.1. The number of benzene rings is 1. The minimum absolute atomic E-state index is 0.0722. The first-order chi connectivity index (χ1) is 12.4. The van der Waals surface area contributed by atoms with Gasteiger partial charge in [0.05, 0.1) is 6.54 Å². The molecule has 1 aromatic rings. The first kappa shape index (κ1) is 20.0. The van der Waals surface area contributed by atoms with E-state index in [9.17, 15) is 4.79 Å². The Morgan fingerprint density at radius 2 is 1.85 bits per heavy atom. The van der Waals surface area contributed by atoms with Gasteiger partial charge >= 0.3 is 0 Å². The van der Waals surface area contributed by atoms with E-state index in [2.05, 4.69) is 36.0 Å². The standard InChI is InChI=1S/C22H31N3O/c1-5-6-9-20(25-16-7-8-17-25)23-14-15-24-21(26)18-10-12-19(13-11-18)22(2,3)4/h5-6,9-14H,7-8,15-17H2,1-4H3,(H,24,26)/b6-5-,20-9+,23-14+. The van der Waals surface area contributed by atoms with Gasteiger partial charge in [0, 0.05) is 24.9 Å². The lowest BCUT2D eigenvalue weighted by Gasteiger charge is -2.19. The van der Waals surface area contributed by atoms with E-state index >= 15 is 0 Å². The summed E-state index contributed by atoms with van der Waals surface area (Å²) < 4.78 is 0. The fourth-order valence-corrected chi connectivity index (χ4v) is 2.86. The molecule has 4 heteroatoms. The maximum absolute atomic E-state index is 12.3. The van der Waals surface area contributed by atoms with E-state index in [4.69, 9.17) is 0 Å². The summed E-state index contributed by atoms with van der Waals surface area (Å²) in [6, 6.07) is 7.81. The third-order valence-corrected chi connectivity index (χ3v) is 4.46. The summed E-state index contributed by atoms with van der Waals surface area (Å²) in [5.74, 6) is 0.890. The maximum atomic E-state index is 12.3. The molecule has 26 heavy (non-hydrogen) atoms. The van der Waals surface area contributed by atoms with E-state index in [0.29, 0.717) is 12.1 Å². The fraction of sp³-hybridized carbons (Fsp3) is 0.455. The van der Waals surface area contributed by atoms with E-state index in [1.165, 1.54) is 18.4 Å². The molecule has 2 rings (SSSR count). The van der Waals surface area contributed by atoms with E-state index < -0.39 is 0 Å². The molecule has 1 aromatic carbocycles. The number of allylic oxidation sites excluding steroid dienone is 3. The molecule has 0 unspecified atom stereocenters. The van der Waals surface area contributed by atoms with Gasteiger partial charge in [-0.15, -0.1) is 0 Å². The molecular weight excluding hydrogens is 322 g/mol. The third-order valence-electron chi connectivity index (χ3n) is 4.46. The third kappa shape index (κ3) is 5.87. The van der Waals surface area contributed by atoms with Crippen LogP contribution in [0.2, 0.25) is 0 Å². The SMILES string of the molecule is C\C=C/C=C(\N=C\CNC(=O)c1ccc(C(C)(C)C)cc1)N1CCCC1. The van der Waals surface area contributed by atoms with Gasteiger partial charge in [-0.1, -0.05) is 45.1 Å². The molecule has 0 aromatic heterocycles. The number of carbonyl (C=O) groups excluding carboxylic acids is 1. The molecule has 0 spiro atoms. The zero-order chi connectivity index (χ0) is 19.0. The summed E-state index contributed by atoms with van der Waals surface area (Å²) in [6.07, 6.45) is 10.2. The van der Waals surface area contributed by atoms with E-state index in [1.807, 2.05) is 49.4 Å². The van der Waals surface area contributed by atoms with Gasteiger partial charge in [-0.2, -0.15) is 0 Å². The van der Waals surface area contributed by atoms with Gasteiger partial charge in [0.15, 0.2) is 0 Å². The summed E-state index contributed by atoms with van der Waals surface area (Å²) >= 11 is 0. The predicted octanol–water partition coefficient (Wildman–Crippen LogP) is 4.30. The molecule has 1 aliphatic rings. The Kier molecular flexibility index (Phi) is 7.19. The van der Waals surface area contributed by atoms with E-state index in [-0.39, 0.29) is 11.3 Å². The molecule has 1 saturated heterocycles. The Morgan fingerprint density at radius 1 is 1.19 bits per heavy atom. The molecule has 1 amide bonds. The molecule has 1 N–H and O–H groups in total. The Hall–Kier alpha value is -2.36. The van der Waals surface area contributed by atoms with E-state index in [1.54, 1.807) is 6.21 Å².